The van der Waals surface area contributed by atoms with Crippen molar-refractivity contribution in [3.8, 4) is 0 Å². The van der Waals surface area contributed by atoms with Crippen molar-refractivity contribution >= 4 is 5.97 Å². The number of hydrogen-bond acceptors (Lipinski definition) is 4. The van der Waals surface area contributed by atoms with Gasteiger partial charge in [0, 0.05) is 19.6 Å². The number of esters is 1. The fraction of sp³-hybridized carbons (Fsp3) is 0.964. The first-order chi connectivity index (χ1) is 15.7. The molecule has 0 spiro atoms. The molecule has 192 valence electrons. The van der Waals surface area contributed by atoms with Crippen LogP contribution >= 0.6 is 0 Å². The molecule has 0 unspecified atom stereocenters. The molecule has 0 saturated carbocycles. The third-order valence-electron chi connectivity index (χ3n) is 6.15. The molecule has 0 rings (SSSR count). The van der Waals surface area contributed by atoms with Gasteiger partial charge in [0.15, 0.2) is 6.29 Å². The van der Waals surface area contributed by atoms with Crippen LogP contribution in [0.4, 0.5) is 0 Å². The summed E-state index contributed by atoms with van der Waals surface area (Å²) in [7, 11) is 1.46. The topological polar surface area (TPSA) is 44.8 Å². The van der Waals surface area contributed by atoms with E-state index >= 15 is 0 Å². The lowest BCUT2D eigenvalue weighted by molar-refractivity contribution is -0.148. The monoisotopic (exact) mass is 456 g/mol. The normalized spacial score (nSPS) is 11.4. The van der Waals surface area contributed by atoms with E-state index in [-0.39, 0.29) is 12.3 Å². The molecule has 32 heavy (non-hydrogen) atoms. The van der Waals surface area contributed by atoms with Crippen molar-refractivity contribution < 1.29 is 19.0 Å². The van der Waals surface area contributed by atoms with Crippen molar-refractivity contribution in [2.45, 2.75) is 155 Å². The largest absolute Gasteiger partial charge is 0.469 e. The number of methoxy groups -OCH3 is 1. The molecule has 0 saturated heterocycles. The Bertz CT molecular complexity index is 352. The van der Waals surface area contributed by atoms with Gasteiger partial charge in [0.2, 0.25) is 0 Å². The molecule has 4 nitrogen and oxygen atoms in total. The minimum atomic E-state index is -0.0948. The Morgan fingerprint density at radius 1 is 0.562 bits per heavy atom. The van der Waals surface area contributed by atoms with Gasteiger partial charge in [-0.05, 0) is 32.1 Å². The molecule has 0 fully saturated rings. The quantitative estimate of drug-likeness (QED) is 0.0741. The molecule has 0 heterocycles. The Hall–Kier alpha value is -0.610. The second-order valence-corrected chi connectivity index (χ2v) is 9.30. The van der Waals surface area contributed by atoms with Crippen molar-refractivity contribution in [2.24, 2.45) is 0 Å². The van der Waals surface area contributed by atoms with Crippen molar-refractivity contribution in [1.82, 2.24) is 0 Å². The average molecular weight is 457 g/mol. The maximum atomic E-state index is 11.2. The van der Waals surface area contributed by atoms with E-state index in [4.69, 9.17) is 14.2 Å². The minimum Gasteiger partial charge on any atom is -0.469 e. The Labute approximate surface area is 200 Å². The van der Waals surface area contributed by atoms with Gasteiger partial charge in [0.25, 0.3) is 0 Å². The molecule has 0 amide bonds. The van der Waals surface area contributed by atoms with Crippen LogP contribution in [-0.4, -0.2) is 32.6 Å². The number of rotatable bonds is 26. The molecule has 0 radical (unpaired) electrons. The van der Waals surface area contributed by atoms with Gasteiger partial charge < -0.3 is 14.2 Å². The molecule has 0 aromatic heterocycles. The lowest BCUT2D eigenvalue weighted by Gasteiger charge is -2.19. The lowest BCUT2D eigenvalue weighted by atomic mass is 10.1. The number of carbonyl (C=O) groups excluding carboxylic acids is 1. The predicted octanol–water partition coefficient (Wildman–Crippen LogP) is 8.75. The van der Waals surface area contributed by atoms with Crippen LogP contribution in [0.3, 0.4) is 0 Å². The Kier molecular flexibility index (Phi) is 26.1. The van der Waals surface area contributed by atoms with Crippen LogP contribution in [0.5, 0.6) is 0 Å². The summed E-state index contributed by atoms with van der Waals surface area (Å²) in [6.45, 7) is 6.19. The van der Waals surface area contributed by atoms with Gasteiger partial charge in [-0.3, -0.25) is 4.79 Å². The van der Waals surface area contributed by atoms with E-state index in [0.717, 1.165) is 51.7 Å². The smallest absolute Gasteiger partial charge is 0.305 e. The minimum absolute atomic E-state index is 0.0368. The van der Waals surface area contributed by atoms with Crippen LogP contribution in [0.15, 0.2) is 0 Å². The highest BCUT2D eigenvalue weighted by Crippen LogP contribution is 2.14. The first-order valence-corrected chi connectivity index (χ1v) is 14.0. The standard InChI is InChI=1S/C28H56O4/c1-4-6-8-10-12-17-21-25-31-28(32-26-22-18-13-11-9-7-5-2)24-20-16-14-15-19-23-27(29)30-3/h28H,4-26H2,1-3H3. The van der Waals surface area contributed by atoms with E-state index in [9.17, 15) is 4.79 Å². The van der Waals surface area contributed by atoms with Gasteiger partial charge in [-0.2, -0.15) is 0 Å². The molecule has 0 aromatic rings. The highest BCUT2D eigenvalue weighted by molar-refractivity contribution is 5.68. The summed E-state index contributed by atoms with van der Waals surface area (Å²) >= 11 is 0. The van der Waals surface area contributed by atoms with Crippen LogP contribution < -0.4 is 0 Å². The predicted molar refractivity (Wildman–Crippen MR) is 136 cm³/mol. The van der Waals surface area contributed by atoms with Crippen molar-refractivity contribution in [3.63, 3.8) is 0 Å². The van der Waals surface area contributed by atoms with Gasteiger partial charge in [-0.15, -0.1) is 0 Å². The lowest BCUT2D eigenvalue weighted by Crippen LogP contribution is -2.19. The summed E-state index contributed by atoms with van der Waals surface area (Å²) in [6.07, 6.45) is 25.4. The van der Waals surface area contributed by atoms with Crippen LogP contribution in [0.2, 0.25) is 0 Å². The first-order valence-electron chi connectivity index (χ1n) is 14.0. The van der Waals surface area contributed by atoms with Gasteiger partial charge in [-0.1, -0.05) is 110 Å². The summed E-state index contributed by atoms with van der Waals surface area (Å²) in [5.41, 5.74) is 0. The second-order valence-electron chi connectivity index (χ2n) is 9.30. The first kappa shape index (κ1) is 31.4. The van der Waals surface area contributed by atoms with E-state index in [1.54, 1.807) is 0 Å². The molecule has 0 aromatic carbocycles. The number of unbranched alkanes of at least 4 members (excludes halogenated alkanes) is 16. The Morgan fingerprint density at radius 2 is 0.969 bits per heavy atom. The summed E-state index contributed by atoms with van der Waals surface area (Å²) in [5.74, 6) is -0.0948. The number of hydrogen-bond donors (Lipinski definition) is 0. The summed E-state index contributed by atoms with van der Waals surface area (Å²) in [5, 5.41) is 0. The fourth-order valence-corrected chi connectivity index (χ4v) is 3.98. The molecule has 0 aliphatic carbocycles. The van der Waals surface area contributed by atoms with E-state index in [1.807, 2.05) is 0 Å². The van der Waals surface area contributed by atoms with Gasteiger partial charge in [0.05, 0.1) is 7.11 Å². The highest BCUT2D eigenvalue weighted by atomic mass is 16.7. The zero-order chi connectivity index (χ0) is 23.5. The second kappa shape index (κ2) is 26.6. The molecule has 4 heteroatoms. The summed E-state index contributed by atoms with van der Waals surface area (Å²) in [6, 6.07) is 0. The molecular weight excluding hydrogens is 400 g/mol. The summed E-state index contributed by atoms with van der Waals surface area (Å²) in [4.78, 5) is 11.2. The SMILES string of the molecule is CCCCCCCCCOC(CCCCCCCC(=O)OC)OCCCCCCCCC. The summed E-state index contributed by atoms with van der Waals surface area (Å²) < 4.78 is 16.9. The van der Waals surface area contributed by atoms with Crippen molar-refractivity contribution in [2.75, 3.05) is 20.3 Å². The Balaban J connectivity index is 3.89. The fourth-order valence-electron chi connectivity index (χ4n) is 3.98. The van der Waals surface area contributed by atoms with Crippen LogP contribution in [0.1, 0.15) is 149 Å². The molecule has 0 aliphatic heterocycles. The maximum Gasteiger partial charge on any atom is 0.305 e. The molecule has 0 N–H and O–H groups in total. The van der Waals surface area contributed by atoms with E-state index in [2.05, 4.69) is 13.8 Å². The van der Waals surface area contributed by atoms with E-state index in [1.165, 1.54) is 97.0 Å². The zero-order valence-corrected chi connectivity index (χ0v) is 22.0. The van der Waals surface area contributed by atoms with Crippen LogP contribution in [0, 0.1) is 0 Å². The number of carbonyl (C=O) groups is 1. The van der Waals surface area contributed by atoms with E-state index in [0.29, 0.717) is 6.42 Å². The average Bonchev–Trinajstić information content (AvgIpc) is 2.80. The molecule has 0 aliphatic rings. The van der Waals surface area contributed by atoms with E-state index < -0.39 is 0 Å². The molecule has 0 atom stereocenters. The zero-order valence-electron chi connectivity index (χ0n) is 22.0. The Morgan fingerprint density at radius 3 is 1.44 bits per heavy atom. The molecule has 0 bridgehead atoms. The van der Waals surface area contributed by atoms with Gasteiger partial charge in [-0.25, -0.2) is 0 Å². The van der Waals surface area contributed by atoms with Crippen LogP contribution in [0.25, 0.3) is 0 Å². The third-order valence-corrected chi connectivity index (χ3v) is 6.15. The van der Waals surface area contributed by atoms with Gasteiger partial charge in [0.1, 0.15) is 0 Å². The third kappa shape index (κ3) is 24.0. The maximum absolute atomic E-state index is 11.2. The van der Waals surface area contributed by atoms with Gasteiger partial charge >= 0.3 is 5.97 Å². The number of ether oxygens (including phenoxy) is 3. The van der Waals surface area contributed by atoms with Crippen molar-refractivity contribution in [1.29, 1.82) is 0 Å². The van der Waals surface area contributed by atoms with Crippen LogP contribution in [-0.2, 0) is 19.0 Å². The van der Waals surface area contributed by atoms with Crippen molar-refractivity contribution in [3.05, 3.63) is 0 Å². The molecular formula is C28H56O4. The highest BCUT2D eigenvalue weighted by Gasteiger charge is 2.09.